The molecule has 1 aromatic carbocycles. The van der Waals surface area contributed by atoms with Gasteiger partial charge in [0.15, 0.2) is 5.82 Å². The average Bonchev–Trinajstić information content (AvgIpc) is 2.78. The van der Waals surface area contributed by atoms with Crippen LogP contribution >= 0.6 is 23.4 Å². The number of aromatic nitrogens is 4. The van der Waals surface area contributed by atoms with E-state index in [9.17, 15) is 9.18 Å². The summed E-state index contributed by atoms with van der Waals surface area (Å²) in [7, 11) is 0. The van der Waals surface area contributed by atoms with Gasteiger partial charge in [-0.25, -0.2) is 4.39 Å². The van der Waals surface area contributed by atoms with Crippen molar-refractivity contribution < 1.29 is 14.3 Å². The van der Waals surface area contributed by atoms with E-state index in [1.165, 1.54) is 12.1 Å². The monoisotopic (exact) mass is 288 g/mol. The quantitative estimate of drug-likeness (QED) is 0.861. The van der Waals surface area contributed by atoms with Crippen LogP contribution in [0.5, 0.6) is 0 Å². The molecule has 0 saturated carbocycles. The molecule has 2 rings (SSSR count). The molecule has 1 aromatic heterocycles. The average molecular weight is 289 g/mol. The molecule has 9 heteroatoms. The first kappa shape index (κ1) is 12.8. The second kappa shape index (κ2) is 5.32. The van der Waals surface area contributed by atoms with Gasteiger partial charge in [0.05, 0.1) is 10.8 Å². The van der Waals surface area contributed by atoms with Crippen LogP contribution in [-0.2, 0) is 4.79 Å². The summed E-state index contributed by atoms with van der Waals surface area (Å²) < 4.78 is 14.9. The Hall–Kier alpha value is -1.67. The zero-order chi connectivity index (χ0) is 13.1. The highest BCUT2D eigenvalue weighted by Crippen LogP contribution is 2.24. The molecular formula is C9H6ClFN4O2S. The van der Waals surface area contributed by atoms with E-state index in [0.717, 1.165) is 16.4 Å². The third kappa shape index (κ3) is 2.59. The van der Waals surface area contributed by atoms with Gasteiger partial charge in [0.2, 0.25) is 5.16 Å². The van der Waals surface area contributed by atoms with Crippen molar-refractivity contribution in [3.05, 3.63) is 29.0 Å². The van der Waals surface area contributed by atoms with Crippen LogP contribution in [0.25, 0.3) is 5.69 Å². The summed E-state index contributed by atoms with van der Waals surface area (Å²) in [6, 6.07) is 4.39. The maximum atomic E-state index is 13.8. The number of halogens is 2. The van der Waals surface area contributed by atoms with Crippen LogP contribution in [-0.4, -0.2) is 37.0 Å². The number of carboxylic acid groups (broad SMARTS) is 1. The fraction of sp³-hybridized carbons (Fsp3) is 0.111. The molecular weight excluding hydrogens is 283 g/mol. The fourth-order valence-corrected chi connectivity index (χ4v) is 1.98. The van der Waals surface area contributed by atoms with Crippen molar-refractivity contribution in [2.24, 2.45) is 0 Å². The SMILES string of the molecule is O=C(O)CSc1nnnn1-c1cccc(Cl)c1F. The lowest BCUT2D eigenvalue weighted by molar-refractivity contribution is -0.133. The van der Waals surface area contributed by atoms with Crippen molar-refractivity contribution in [3.63, 3.8) is 0 Å². The molecule has 94 valence electrons. The summed E-state index contributed by atoms with van der Waals surface area (Å²) in [5.74, 6) is -1.90. The van der Waals surface area contributed by atoms with Crippen molar-refractivity contribution in [1.29, 1.82) is 0 Å². The van der Waals surface area contributed by atoms with E-state index in [1.54, 1.807) is 6.07 Å². The second-order valence-electron chi connectivity index (χ2n) is 3.13. The van der Waals surface area contributed by atoms with Crippen molar-refractivity contribution in [1.82, 2.24) is 20.2 Å². The molecule has 0 aliphatic rings. The molecule has 1 heterocycles. The number of hydrogen-bond donors (Lipinski definition) is 1. The molecule has 0 radical (unpaired) electrons. The zero-order valence-electron chi connectivity index (χ0n) is 8.75. The molecule has 0 unspecified atom stereocenters. The summed E-state index contributed by atoms with van der Waals surface area (Å²) in [6.07, 6.45) is 0. The van der Waals surface area contributed by atoms with Crippen LogP contribution in [0.15, 0.2) is 23.4 Å². The van der Waals surface area contributed by atoms with Gasteiger partial charge >= 0.3 is 5.97 Å². The van der Waals surface area contributed by atoms with Crippen LogP contribution < -0.4 is 0 Å². The molecule has 0 fully saturated rings. The fourth-order valence-electron chi connectivity index (χ4n) is 1.20. The zero-order valence-corrected chi connectivity index (χ0v) is 10.3. The number of carbonyl (C=O) groups is 1. The summed E-state index contributed by atoms with van der Waals surface area (Å²) in [5, 5.41) is 19.3. The summed E-state index contributed by atoms with van der Waals surface area (Å²) in [5.41, 5.74) is 0.0698. The number of thioether (sulfide) groups is 1. The molecule has 0 bridgehead atoms. The van der Waals surface area contributed by atoms with Crippen molar-refractivity contribution in [2.45, 2.75) is 5.16 Å². The molecule has 0 spiro atoms. The van der Waals surface area contributed by atoms with E-state index in [2.05, 4.69) is 15.5 Å². The van der Waals surface area contributed by atoms with Crippen LogP contribution in [0, 0.1) is 5.82 Å². The lowest BCUT2D eigenvalue weighted by Gasteiger charge is -2.05. The maximum absolute atomic E-state index is 13.8. The van der Waals surface area contributed by atoms with Gasteiger partial charge in [0.25, 0.3) is 0 Å². The first-order valence-corrected chi connectivity index (χ1v) is 6.03. The molecule has 6 nitrogen and oxygen atoms in total. The van der Waals surface area contributed by atoms with E-state index in [4.69, 9.17) is 16.7 Å². The smallest absolute Gasteiger partial charge is 0.313 e. The molecule has 0 saturated heterocycles. The van der Waals surface area contributed by atoms with Gasteiger partial charge in [-0.05, 0) is 22.6 Å². The minimum atomic E-state index is -1.01. The van der Waals surface area contributed by atoms with E-state index in [0.29, 0.717) is 0 Å². The van der Waals surface area contributed by atoms with Gasteiger partial charge in [0.1, 0.15) is 5.69 Å². The predicted molar refractivity (Wildman–Crippen MR) is 62.5 cm³/mol. The first-order valence-electron chi connectivity index (χ1n) is 4.67. The van der Waals surface area contributed by atoms with Gasteiger partial charge in [-0.1, -0.05) is 29.4 Å². The number of hydrogen-bond acceptors (Lipinski definition) is 5. The van der Waals surface area contributed by atoms with Crippen LogP contribution in [0.2, 0.25) is 5.02 Å². The summed E-state index contributed by atoms with van der Waals surface area (Å²) in [6.45, 7) is 0. The van der Waals surface area contributed by atoms with E-state index in [1.807, 2.05) is 0 Å². The van der Waals surface area contributed by atoms with Gasteiger partial charge < -0.3 is 5.11 Å². The standard InChI is InChI=1S/C9H6ClFN4O2S/c10-5-2-1-3-6(8(5)11)15-9(12-13-14-15)18-4-7(16)17/h1-3H,4H2,(H,16,17). The second-order valence-corrected chi connectivity index (χ2v) is 4.48. The van der Waals surface area contributed by atoms with E-state index < -0.39 is 11.8 Å². The minimum absolute atomic E-state index is 0.0582. The Labute approximate surface area is 110 Å². The molecule has 0 atom stereocenters. The number of rotatable bonds is 4. The lowest BCUT2D eigenvalue weighted by Crippen LogP contribution is -2.04. The van der Waals surface area contributed by atoms with Gasteiger partial charge in [-0.3, -0.25) is 4.79 Å². The Morgan fingerprint density at radius 2 is 2.33 bits per heavy atom. The van der Waals surface area contributed by atoms with E-state index in [-0.39, 0.29) is 21.6 Å². The highest BCUT2D eigenvalue weighted by Gasteiger charge is 2.15. The van der Waals surface area contributed by atoms with Gasteiger partial charge in [-0.2, -0.15) is 4.68 Å². The predicted octanol–water partition coefficient (Wildman–Crippen LogP) is 1.63. The molecule has 1 N–H and O–H groups in total. The molecule has 0 aliphatic carbocycles. The van der Waals surface area contributed by atoms with Crippen LogP contribution in [0.1, 0.15) is 0 Å². The Balaban J connectivity index is 2.36. The van der Waals surface area contributed by atoms with Crippen LogP contribution in [0.4, 0.5) is 4.39 Å². The number of tetrazole rings is 1. The van der Waals surface area contributed by atoms with Crippen molar-refractivity contribution >= 4 is 29.3 Å². The molecule has 18 heavy (non-hydrogen) atoms. The number of nitrogens with zero attached hydrogens (tertiary/aromatic N) is 4. The minimum Gasteiger partial charge on any atom is -0.481 e. The first-order chi connectivity index (χ1) is 8.59. The van der Waals surface area contributed by atoms with Crippen molar-refractivity contribution in [3.8, 4) is 5.69 Å². The highest BCUT2D eigenvalue weighted by molar-refractivity contribution is 7.99. The number of benzene rings is 1. The molecule has 0 amide bonds. The number of aliphatic carboxylic acids is 1. The Morgan fingerprint density at radius 3 is 3.06 bits per heavy atom. The summed E-state index contributed by atoms with van der Waals surface area (Å²) >= 11 is 6.54. The van der Waals surface area contributed by atoms with Gasteiger partial charge in [0, 0.05) is 0 Å². The third-order valence-corrected chi connectivity index (χ3v) is 3.12. The van der Waals surface area contributed by atoms with E-state index >= 15 is 0 Å². The highest BCUT2D eigenvalue weighted by atomic mass is 35.5. The van der Waals surface area contributed by atoms with Gasteiger partial charge in [-0.15, -0.1) is 5.10 Å². The lowest BCUT2D eigenvalue weighted by atomic mass is 10.3. The van der Waals surface area contributed by atoms with Crippen molar-refractivity contribution in [2.75, 3.05) is 5.75 Å². The Kier molecular flexibility index (Phi) is 3.78. The Morgan fingerprint density at radius 1 is 1.56 bits per heavy atom. The largest absolute Gasteiger partial charge is 0.481 e. The number of carboxylic acids is 1. The maximum Gasteiger partial charge on any atom is 0.313 e. The van der Waals surface area contributed by atoms with Crippen LogP contribution in [0.3, 0.4) is 0 Å². The topological polar surface area (TPSA) is 80.9 Å². The Bertz CT molecular complexity index is 592. The molecule has 2 aromatic rings. The molecule has 0 aliphatic heterocycles. The normalized spacial score (nSPS) is 10.6. The third-order valence-electron chi connectivity index (χ3n) is 1.93. The summed E-state index contributed by atoms with van der Waals surface area (Å²) in [4.78, 5) is 10.5.